The van der Waals surface area contributed by atoms with Gasteiger partial charge in [0.25, 0.3) is 0 Å². The minimum absolute atomic E-state index is 0.0423. The van der Waals surface area contributed by atoms with Gasteiger partial charge in [-0.1, -0.05) is 231 Å². The molecule has 0 spiro atoms. The van der Waals surface area contributed by atoms with Gasteiger partial charge in [-0.05, 0) is 109 Å². The largest absolute Gasteiger partial charge is 0.472 e. The van der Waals surface area contributed by atoms with E-state index in [0.717, 1.165) is 128 Å². The van der Waals surface area contributed by atoms with Crippen LogP contribution in [0, 0.1) is 0 Å². The van der Waals surface area contributed by atoms with Gasteiger partial charge in [0.15, 0.2) is 6.10 Å². The fourth-order valence-electron chi connectivity index (χ4n) is 7.37. The lowest BCUT2D eigenvalue weighted by atomic mass is 10.0. The van der Waals surface area contributed by atoms with Gasteiger partial charge in [0, 0.05) is 19.4 Å². The number of unbranched alkanes of at least 4 members (excludes halogenated alkanes) is 17. The van der Waals surface area contributed by atoms with E-state index < -0.39 is 32.5 Å². The Hall–Kier alpha value is -3.85. The number of rotatable bonds is 52. The van der Waals surface area contributed by atoms with Gasteiger partial charge >= 0.3 is 19.8 Å². The first-order chi connectivity index (χ1) is 35.8. The van der Waals surface area contributed by atoms with Crippen molar-refractivity contribution in [2.75, 3.05) is 26.4 Å². The molecule has 0 saturated carbocycles. The third kappa shape index (κ3) is 57.3. The maximum atomic E-state index is 12.7. The Balaban J connectivity index is 4.08. The van der Waals surface area contributed by atoms with Crippen molar-refractivity contribution in [2.24, 2.45) is 5.73 Å². The maximum absolute atomic E-state index is 12.7. The van der Waals surface area contributed by atoms with E-state index in [-0.39, 0.29) is 32.6 Å². The summed E-state index contributed by atoms with van der Waals surface area (Å²) in [6.07, 6.45) is 80.7. The molecule has 0 aliphatic carbocycles. The maximum Gasteiger partial charge on any atom is 0.472 e. The lowest BCUT2D eigenvalue weighted by molar-refractivity contribution is -0.161. The van der Waals surface area contributed by atoms with Crippen LogP contribution in [0.4, 0.5) is 0 Å². The monoisotopic (exact) mass is 1030 g/mol. The number of carbonyl (C=O) groups excluding carboxylic acids is 2. The predicted molar refractivity (Wildman–Crippen MR) is 311 cm³/mol. The number of ether oxygens (including phenoxy) is 2. The average Bonchev–Trinajstić information content (AvgIpc) is 3.38. The summed E-state index contributed by atoms with van der Waals surface area (Å²) in [6, 6.07) is 0. The summed E-state index contributed by atoms with van der Waals surface area (Å²) < 4.78 is 33.0. The molecule has 0 aromatic rings. The van der Waals surface area contributed by atoms with Crippen LogP contribution in [0.2, 0.25) is 0 Å². The zero-order chi connectivity index (χ0) is 53.1. The normalized spacial score (nSPS) is 14.1. The molecule has 0 aromatic carbocycles. The number of carbonyl (C=O) groups is 2. The first kappa shape index (κ1) is 69.2. The molecular formula is C63H104NO8P. The second-order valence-electron chi connectivity index (χ2n) is 18.4. The van der Waals surface area contributed by atoms with Crippen molar-refractivity contribution >= 4 is 19.8 Å². The molecule has 0 aromatic heterocycles. The quantitative estimate of drug-likeness (QED) is 0.0264. The topological polar surface area (TPSA) is 134 Å². The molecule has 0 fully saturated rings. The lowest BCUT2D eigenvalue weighted by Crippen LogP contribution is -2.29. The number of esters is 2. The number of nitrogens with two attached hydrogens (primary N) is 1. The Morgan fingerprint density at radius 3 is 1.05 bits per heavy atom. The van der Waals surface area contributed by atoms with E-state index >= 15 is 0 Å². The van der Waals surface area contributed by atoms with Crippen LogP contribution in [0.5, 0.6) is 0 Å². The number of hydrogen-bond acceptors (Lipinski definition) is 8. The first-order valence-corrected chi connectivity index (χ1v) is 30.2. The predicted octanol–water partition coefficient (Wildman–Crippen LogP) is 18.2. The molecule has 0 aliphatic rings. The highest BCUT2D eigenvalue weighted by molar-refractivity contribution is 7.47. The van der Waals surface area contributed by atoms with Crippen molar-refractivity contribution in [3.05, 3.63) is 134 Å². The lowest BCUT2D eigenvalue weighted by Gasteiger charge is -2.19. The molecule has 0 amide bonds. The van der Waals surface area contributed by atoms with Crippen LogP contribution in [0.1, 0.15) is 219 Å². The van der Waals surface area contributed by atoms with Crippen molar-refractivity contribution in [1.29, 1.82) is 0 Å². The van der Waals surface area contributed by atoms with Crippen molar-refractivity contribution in [3.63, 3.8) is 0 Å². The number of allylic oxidation sites excluding steroid dienone is 22. The van der Waals surface area contributed by atoms with Crippen LogP contribution in [-0.2, 0) is 32.7 Å². The van der Waals surface area contributed by atoms with Gasteiger partial charge in [0.05, 0.1) is 13.2 Å². The standard InChI is InChI=1S/C63H104NO8P/c1-3-5-7-9-11-13-15-17-19-21-23-25-27-29-30-32-34-36-38-40-42-44-46-48-50-52-54-56-63(66)72-61(60-71-73(67,68)70-58-57-64)59-69-62(65)55-53-51-49-47-45-43-41-39-37-35-33-31-28-26-24-22-20-18-16-14-12-10-8-6-4-2/h5-8,11-14,17-20,23-26,29-30,34,36,40,42,61H,3-4,9-10,15-16,21-22,27-28,31-33,35,37-39,41,43-60,64H2,1-2H3,(H,67,68)/b7-5-,8-6-,13-11-,14-12-,19-17-,20-18-,25-23-,26-24-,30-29-,36-34-,42-40-. The van der Waals surface area contributed by atoms with Crippen LogP contribution in [0.15, 0.2) is 134 Å². The molecule has 73 heavy (non-hydrogen) atoms. The van der Waals surface area contributed by atoms with Gasteiger partial charge in [-0.3, -0.25) is 18.6 Å². The zero-order valence-electron chi connectivity index (χ0n) is 46.1. The third-order valence-corrected chi connectivity index (χ3v) is 12.5. The number of hydrogen-bond donors (Lipinski definition) is 2. The van der Waals surface area contributed by atoms with E-state index in [0.29, 0.717) is 6.42 Å². The Labute approximate surface area is 446 Å². The van der Waals surface area contributed by atoms with Crippen molar-refractivity contribution in [1.82, 2.24) is 0 Å². The Morgan fingerprint density at radius 1 is 0.411 bits per heavy atom. The molecule has 0 heterocycles. The van der Waals surface area contributed by atoms with Gasteiger partial charge in [-0.2, -0.15) is 0 Å². The highest BCUT2D eigenvalue weighted by Crippen LogP contribution is 2.43. The summed E-state index contributed by atoms with van der Waals surface area (Å²) in [4.78, 5) is 35.2. The summed E-state index contributed by atoms with van der Waals surface area (Å²) in [6.45, 7) is 3.48. The molecule has 10 heteroatoms. The van der Waals surface area contributed by atoms with E-state index in [9.17, 15) is 19.0 Å². The fraction of sp³-hybridized carbons (Fsp3) is 0.619. The molecule has 2 atom stereocenters. The van der Waals surface area contributed by atoms with Crippen molar-refractivity contribution < 1.29 is 37.6 Å². The Morgan fingerprint density at radius 2 is 0.712 bits per heavy atom. The van der Waals surface area contributed by atoms with Gasteiger partial charge in [0.2, 0.25) is 0 Å². The van der Waals surface area contributed by atoms with Gasteiger partial charge in [-0.15, -0.1) is 0 Å². The van der Waals surface area contributed by atoms with E-state index in [2.05, 4.69) is 148 Å². The van der Waals surface area contributed by atoms with Gasteiger partial charge in [-0.25, -0.2) is 4.57 Å². The Kier molecular flexibility index (Phi) is 54.4. The molecule has 3 N–H and O–H groups in total. The van der Waals surface area contributed by atoms with Crippen LogP contribution in [0.25, 0.3) is 0 Å². The smallest absolute Gasteiger partial charge is 0.462 e. The molecule has 0 rings (SSSR count). The van der Waals surface area contributed by atoms with Crippen LogP contribution >= 0.6 is 7.82 Å². The number of phosphoric ester groups is 1. The average molecular weight is 1030 g/mol. The minimum atomic E-state index is -4.40. The number of phosphoric acid groups is 1. The van der Waals surface area contributed by atoms with E-state index in [4.69, 9.17) is 24.3 Å². The zero-order valence-corrected chi connectivity index (χ0v) is 47.0. The molecule has 0 saturated heterocycles. The van der Waals surface area contributed by atoms with Crippen LogP contribution in [0.3, 0.4) is 0 Å². The molecule has 0 bridgehead atoms. The van der Waals surface area contributed by atoms with Crippen molar-refractivity contribution in [2.45, 2.75) is 225 Å². The molecule has 0 radical (unpaired) electrons. The molecular weight excluding hydrogens is 930 g/mol. The summed E-state index contributed by atoms with van der Waals surface area (Å²) >= 11 is 0. The second-order valence-corrected chi connectivity index (χ2v) is 19.8. The summed E-state index contributed by atoms with van der Waals surface area (Å²) in [5.41, 5.74) is 5.38. The highest BCUT2D eigenvalue weighted by atomic mass is 31.2. The summed E-state index contributed by atoms with van der Waals surface area (Å²) in [7, 11) is -4.40. The van der Waals surface area contributed by atoms with E-state index in [1.807, 2.05) is 0 Å². The molecule has 0 aliphatic heterocycles. The van der Waals surface area contributed by atoms with Crippen LogP contribution < -0.4 is 5.73 Å². The third-order valence-electron chi connectivity index (χ3n) is 11.5. The summed E-state index contributed by atoms with van der Waals surface area (Å²) in [5.74, 6) is -0.860. The fourth-order valence-corrected chi connectivity index (χ4v) is 8.14. The molecule has 414 valence electrons. The van der Waals surface area contributed by atoms with Crippen molar-refractivity contribution in [3.8, 4) is 0 Å². The van der Waals surface area contributed by atoms with Gasteiger partial charge in [0.1, 0.15) is 6.61 Å². The molecule has 2 unspecified atom stereocenters. The first-order valence-electron chi connectivity index (χ1n) is 28.7. The summed E-state index contributed by atoms with van der Waals surface area (Å²) in [5, 5.41) is 0. The highest BCUT2D eigenvalue weighted by Gasteiger charge is 2.26. The Bertz CT molecular complexity index is 1650. The van der Waals surface area contributed by atoms with Gasteiger partial charge < -0.3 is 20.1 Å². The molecule has 9 nitrogen and oxygen atoms in total. The van der Waals surface area contributed by atoms with E-state index in [1.54, 1.807) is 0 Å². The van der Waals surface area contributed by atoms with E-state index in [1.165, 1.54) is 57.8 Å². The minimum Gasteiger partial charge on any atom is -0.462 e. The SMILES string of the molecule is CC/C=C\C/C=C\C/C=C\C/C=C\C/C=C\C/C=C\C/C=C\CCCCCCCC(=O)OC(COC(=O)CCCCCCCCCCCCCC/C=C\C/C=C\C/C=C\C/C=C\CC)COP(=O)(O)OCCN. The van der Waals surface area contributed by atoms with Crippen LogP contribution in [-0.4, -0.2) is 49.3 Å². The second kappa shape index (κ2) is 57.4.